The topological polar surface area (TPSA) is 29.5 Å². The first kappa shape index (κ1) is 32.6. The Morgan fingerprint density at radius 2 is 0.931 bits per heavy atom. The van der Waals surface area contributed by atoms with Gasteiger partial charge in [0.1, 0.15) is 16.7 Å². The Morgan fingerprint density at radius 1 is 0.362 bits per heavy atom. The second-order valence-corrected chi connectivity index (χ2v) is 15.2. The van der Waals surface area contributed by atoms with Crippen LogP contribution in [0.3, 0.4) is 0 Å². The Bertz CT molecular complexity index is 3320. The van der Waals surface area contributed by atoms with Crippen LogP contribution in [-0.2, 0) is 5.41 Å². The van der Waals surface area contributed by atoms with Crippen molar-refractivity contribution in [1.29, 1.82) is 0 Å². The predicted octanol–water partition coefficient (Wildman–Crippen LogP) is 15.0. The van der Waals surface area contributed by atoms with E-state index >= 15 is 0 Å². The van der Waals surface area contributed by atoms with Crippen LogP contribution in [0.15, 0.2) is 221 Å². The summed E-state index contributed by atoms with van der Waals surface area (Å²) < 4.78 is 13.0. The molecule has 12 rings (SSSR count). The molecular formula is C55H35NO2. The molecule has 3 heteroatoms. The van der Waals surface area contributed by atoms with Crippen molar-refractivity contribution >= 4 is 60.9 Å². The van der Waals surface area contributed by atoms with Crippen LogP contribution in [-0.4, -0.2) is 0 Å². The third-order valence-electron chi connectivity index (χ3n) is 12.1. The molecule has 1 aliphatic carbocycles. The van der Waals surface area contributed by atoms with E-state index in [9.17, 15) is 0 Å². The first-order valence-electron chi connectivity index (χ1n) is 19.8. The van der Waals surface area contributed by atoms with Crippen molar-refractivity contribution in [1.82, 2.24) is 0 Å². The Labute approximate surface area is 335 Å². The minimum absolute atomic E-state index is 0.536. The van der Waals surface area contributed by atoms with Crippen molar-refractivity contribution in [2.24, 2.45) is 0 Å². The van der Waals surface area contributed by atoms with Crippen molar-refractivity contribution in [3.63, 3.8) is 0 Å². The highest BCUT2D eigenvalue weighted by Crippen LogP contribution is 2.60. The summed E-state index contributed by atoms with van der Waals surface area (Å²) in [5.74, 6) is 0. The first-order chi connectivity index (χ1) is 28.8. The average Bonchev–Trinajstić information content (AvgIpc) is 3.96. The summed E-state index contributed by atoms with van der Waals surface area (Å²) in [6, 6.07) is 76.3. The van der Waals surface area contributed by atoms with E-state index < -0.39 is 5.41 Å². The molecule has 2 heterocycles. The normalized spacial score (nSPS) is 13.0. The van der Waals surface area contributed by atoms with Crippen LogP contribution in [0.25, 0.3) is 66.1 Å². The molecular weight excluding hydrogens is 707 g/mol. The lowest BCUT2D eigenvalue weighted by atomic mass is 9.68. The van der Waals surface area contributed by atoms with Gasteiger partial charge in [0.15, 0.2) is 5.58 Å². The minimum atomic E-state index is -0.536. The molecule has 1 aliphatic rings. The van der Waals surface area contributed by atoms with Crippen LogP contribution in [0.2, 0.25) is 0 Å². The van der Waals surface area contributed by atoms with Gasteiger partial charge in [-0.1, -0.05) is 164 Å². The molecule has 0 N–H and O–H groups in total. The third kappa shape index (κ3) is 4.68. The van der Waals surface area contributed by atoms with Crippen LogP contribution in [0, 0.1) is 0 Å². The largest absolute Gasteiger partial charge is 0.456 e. The first-order valence-corrected chi connectivity index (χ1v) is 19.8. The Morgan fingerprint density at radius 3 is 1.72 bits per heavy atom. The number of anilines is 3. The monoisotopic (exact) mass is 741 g/mol. The molecule has 2 aromatic heterocycles. The van der Waals surface area contributed by atoms with E-state index in [1.807, 2.05) is 18.2 Å². The number of fused-ring (bicyclic) bond motifs is 9. The second kappa shape index (κ2) is 12.7. The molecule has 0 spiro atoms. The summed E-state index contributed by atoms with van der Waals surface area (Å²) in [5.41, 5.74) is 15.7. The molecule has 0 saturated carbocycles. The smallest absolute Gasteiger partial charge is 0.159 e. The standard InChI is InChI=1S/C55H35NO2/c1-3-17-38(18-4-1)55(39-19-5-2-6-20-39)46-26-10-7-24-44(46)53-47(55)27-15-28-48(53)56(49-29-14-25-43-41-22-8-12-31-51(41)58-54(43)49)40-21-13-16-36(34-40)37-32-33-52-45(35-37)42-23-9-11-30-50(42)57-52/h1-35H. The van der Waals surface area contributed by atoms with Crippen LogP contribution < -0.4 is 4.90 Å². The van der Waals surface area contributed by atoms with Gasteiger partial charge in [0.2, 0.25) is 0 Å². The van der Waals surface area contributed by atoms with Crippen molar-refractivity contribution in [2.45, 2.75) is 5.41 Å². The molecule has 0 radical (unpaired) electrons. The highest BCUT2D eigenvalue weighted by Gasteiger charge is 2.47. The Hall–Kier alpha value is -7.62. The predicted molar refractivity (Wildman–Crippen MR) is 238 cm³/mol. The Balaban J connectivity index is 1.15. The maximum atomic E-state index is 6.82. The molecule has 0 atom stereocenters. The maximum absolute atomic E-state index is 6.82. The van der Waals surface area contributed by atoms with Gasteiger partial charge in [-0.2, -0.15) is 0 Å². The molecule has 0 unspecified atom stereocenters. The van der Waals surface area contributed by atoms with Crippen molar-refractivity contribution in [3.05, 3.63) is 235 Å². The van der Waals surface area contributed by atoms with E-state index in [1.54, 1.807) is 0 Å². The number of nitrogens with zero attached hydrogens (tertiary/aromatic N) is 1. The lowest BCUT2D eigenvalue weighted by molar-refractivity contribution is 0.668. The lowest BCUT2D eigenvalue weighted by Gasteiger charge is -2.34. The lowest BCUT2D eigenvalue weighted by Crippen LogP contribution is -2.28. The van der Waals surface area contributed by atoms with Gasteiger partial charge >= 0.3 is 0 Å². The molecule has 0 aliphatic heterocycles. The van der Waals surface area contributed by atoms with E-state index in [1.165, 1.54) is 33.4 Å². The summed E-state index contributed by atoms with van der Waals surface area (Å²) in [4.78, 5) is 2.42. The minimum Gasteiger partial charge on any atom is -0.456 e. The molecule has 11 aromatic rings. The zero-order chi connectivity index (χ0) is 38.2. The van der Waals surface area contributed by atoms with E-state index in [4.69, 9.17) is 8.83 Å². The summed E-state index contributed by atoms with van der Waals surface area (Å²) in [6.45, 7) is 0. The van der Waals surface area contributed by atoms with Gasteiger partial charge in [0.25, 0.3) is 0 Å². The average molecular weight is 742 g/mol. The molecule has 272 valence electrons. The summed E-state index contributed by atoms with van der Waals surface area (Å²) >= 11 is 0. The molecule has 3 nitrogen and oxygen atoms in total. The van der Waals surface area contributed by atoms with Crippen LogP contribution >= 0.6 is 0 Å². The number of benzene rings is 9. The molecule has 58 heavy (non-hydrogen) atoms. The van der Waals surface area contributed by atoms with Gasteiger partial charge in [-0.05, 0) is 87.5 Å². The van der Waals surface area contributed by atoms with E-state index in [0.717, 1.165) is 72.1 Å². The van der Waals surface area contributed by atoms with Gasteiger partial charge in [-0.3, -0.25) is 0 Å². The van der Waals surface area contributed by atoms with Crippen molar-refractivity contribution < 1.29 is 8.83 Å². The van der Waals surface area contributed by atoms with Gasteiger partial charge in [-0.25, -0.2) is 0 Å². The highest BCUT2D eigenvalue weighted by atomic mass is 16.3. The molecule has 9 aromatic carbocycles. The number of hydrogen-bond donors (Lipinski definition) is 0. The quantitative estimate of drug-likeness (QED) is 0.170. The Kier molecular flexibility index (Phi) is 7.14. The van der Waals surface area contributed by atoms with Crippen LogP contribution in [0.1, 0.15) is 22.3 Å². The fraction of sp³-hybridized carbons (Fsp3) is 0.0182. The van der Waals surface area contributed by atoms with E-state index in [2.05, 4.69) is 199 Å². The zero-order valence-corrected chi connectivity index (χ0v) is 31.5. The van der Waals surface area contributed by atoms with E-state index in [0.29, 0.717) is 0 Å². The number of hydrogen-bond acceptors (Lipinski definition) is 3. The van der Waals surface area contributed by atoms with Gasteiger partial charge in [0, 0.05) is 32.8 Å². The van der Waals surface area contributed by atoms with Crippen molar-refractivity contribution in [3.8, 4) is 22.3 Å². The molecule has 0 bridgehead atoms. The molecule has 0 fully saturated rings. The zero-order valence-electron chi connectivity index (χ0n) is 31.5. The van der Waals surface area contributed by atoms with E-state index in [-0.39, 0.29) is 0 Å². The number of rotatable bonds is 6. The number of para-hydroxylation sites is 3. The summed E-state index contributed by atoms with van der Waals surface area (Å²) in [6.07, 6.45) is 0. The SMILES string of the molecule is c1ccc(C2(c3ccccc3)c3ccccc3-c3c(N(c4cccc(-c5ccc6oc7ccccc7c6c5)c4)c4cccc5c4oc4ccccc45)cccc32)cc1. The fourth-order valence-electron chi connectivity index (χ4n) is 9.71. The van der Waals surface area contributed by atoms with Crippen LogP contribution in [0.4, 0.5) is 17.1 Å². The van der Waals surface area contributed by atoms with Gasteiger partial charge in [-0.15, -0.1) is 0 Å². The highest BCUT2D eigenvalue weighted by molar-refractivity contribution is 6.11. The maximum Gasteiger partial charge on any atom is 0.159 e. The second-order valence-electron chi connectivity index (χ2n) is 15.2. The third-order valence-corrected chi connectivity index (χ3v) is 12.1. The van der Waals surface area contributed by atoms with Gasteiger partial charge < -0.3 is 13.7 Å². The summed E-state index contributed by atoms with van der Waals surface area (Å²) in [5, 5.41) is 4.41. The van der Waals surface area contributed by atoms with Gasteiger partial charge in [0.05, 0.1) is 16.8 Å². The summed E-state index contributed by atoms with van der Waals surface area (Å²) in [7, 11) is 0. The molecule has 0 amide bonds. The number of furan rings is 2. The fourth-order valence-corrected chi connectivity index (χ4v) is 9.71. The molecule has 0 saturated heterocycles. The van der Waals surface area contributed by atoms with Crippen LogP contribution in [0.5, 0.6) is 0 Å². The van der Waals surface area contributed by atoms with Crippen molar-refractivity contribution in [2.75, 3.05) is 4.90 Å².